The van der Waals surface area contributed by atoms with E-state index in [9.17, 15) is 18.0 Å². The fourth-order valence-electron chi connectivity index (χ4n) is 1.57. The molecule has 0 aliphatic carbocycles. The number of rotatable bonds is 4. The number of alkyl halides is 3. The summed E-state index contributed by atoms with van der Waals surface area (Å²) in [5, 5.41) is 9.13. The zero-order chi connectivity index (χ0) is 17.2. The van der Waals surface area contributed by atoms with Crippen molar-refractivity contribution < 1.29 is 18.0 Å². The Morgan fingerprint density at radius 1 is 1.43 bits per heavy atom. The zero-order valence-corrected chi connectivity index (χ0v) is 13.3. The molecule has 0 aliphatic heterocycles. The van der Waals surface area contributed by atoms with Crippen molar-refractivity contribution in [1.82, 2.24) is 14.9 Å². The van der Waals surface area contributed by atoms with Crippen LogP contribution in [-0.2, 0) is 11.0 Å². The smallest absolute Gasteiger partial charge is 0.335 e. The molecule has 0 saturated heterocycles. The van der Waals surface area contributed by atoms with E-state index in [1.54, 1.807) is 18.2 Å². The lowest BCUT2D eigenvalue weighted by molar-refractivity contribution is -0.146. The van der Waals surface area contributed by atoms with E-state index in [4.69, 9.17) is 17.4 Å². The van der Waals surface area contributed by atoms with Gasteiger partial charge in [0.15, 0.2) is 0 Å². The summed E-state index contributed by atoms with van der Waals surface area (Å²) in [7, 11) is 0. The van der Waals surface area contributed by atoms with Crippen LogP contribution >= 0.6 is 23.4 Å². The van der Waals surface area contributed by atoms with E-state index in [0.717, 1.165) is 17.3 Å². The molecule has 0 unspecified atom stereocenters. The van der Waals surface area contributed by atoms with Gasteiger partial charge in [0.05, 0.1) is 5.75 Å². The fourth-order valence-corrected chi connectivity index (χ4v) is 2.40. The number of nitrogen functional groups attached to an aromatic ring is 1. The maximum atomic E-state index is 12.5. The summed E-state index contributed by atoms with van der Waals surface area (Å²) in [4.78, 5) is 11.8. The first kappa shape index (κ1) is 17.4. The van der Waals surface area contributed by atoms with Gasteiger partial charge < -0.3 is 11.2 Å². The van der Waals surface area contributed by atoms with Crippen LogP contribution in [0.15, 0.2) is 23.4 Å². The second-order valence-corrected chi connectivity index (χ2v) is 5.82. The highest BCUT2D eigenvalue weighted by molar-refractivity contribution is 7.99. The second-order valence-electron chi connectivity index (χ2n) is 4.47. The van der Waals surface area contributed by atoms with Gasteiger partial charge in [0.2, 0.25) is 11.1 Å². The van der Waals surface area contributed by atoms with E-state index in [2.05, 4.69) is 15.5 Å². The van der Waals surface area contributed by atoms with E-state index >= 15 is 0 Å². The molecule has 1 heterocycles. The minimum absolute atomic E-state index is 0.182. The lowest BCUT2D eigenvalue weighted by Gasteiger charge is -2.07. The third-order valence-electron chi connectivity index (χ3n) is 2.71. The van der Waals surface area contributed by atoms with Gasteiger partial charge in [-0.15, -0.1) is 10.2 Å². The number of aromatic nitrogens is 3. The standard InChI is InChI=1S/C12H11ClF3N5OS/c1-6-2-3-7(4-8(6)13)18-9(22)5-23-11-20-19-10(21(11)17)12(14,15)16/h2-4H,5,17H2,1H3,(H,18,22). The number of carbonyl (C=O) groups excluding carboxylic acids is 1. The summed E-state index contributed by atoms with van der Waals surface area (Å²) >= 11 is 6.67. The average Bonchev–Trinajstić information content (AvgIpc) is 2.82. The van der Waals surface area contributed by atoms with Gasteiger partial charge in [-0.2, -0.15) is 13.2 Å². The number of hydrogen-bond acceptors (Lipinski definition) is 5. The highest BCUT2D eigenvalue weighted by atomic mass is 35.5. The number of amides is 1. The van der Waals surface area contributed by atoms with Gasteiger partial charge >= 0.3 is 6.18 Å². The van der Waals surface area contributed by atoms with Gasteiger partial charge in [0.1, 0.15) is 0 Å². The van der Waals surface area contributed by atoms with Crippen molar-refractivity contribution in [2.75, 3.05) is 16.9 Å². The number of nitrogens with zero attached hydrogens (tertiary/aromatic N) is 3. The van der Waals surface area contributed by atoms with Crippen LogP contribution in [0.4, 0.5) is 18.9 Å². The number of nitrogens with two attached hydrogens (primary N) is 1. The van der Waals surface area contributed by atoms with Crippen molar-refractivity contribution in [2.24, 2.45) is 0 Å². The predicted octanol–water partition coefficient (Wildman–Crippen LogP) is 2.70. The number of carbonyl (C=O) groups is 1. The van der Waals surface area contributed by atoms with Crippen LogP contribution in [0.1, 0.15) is 11.4 Å². The van der Waals surface area contributed by atoms with Gasteiger partial charge in [0, 0.05) is 10.7 Å². The molecule has 1 amide bonds. The van der Waals surface area contributed by atoms with Crippen LogP contribution in [0.5, 0.6) is 0 Å². The zero-order valence-electron chi connectivity index (χ0n) is 11.7. The van der Waals surface area contributed by atoms with E-state index in [0.29, 0.717) is 15.4 Å². The van der Waals surface area contributed by atoms with E-state index in [1.165, 1.54) is 0 Å². The summed E-state index contributed by atoms with van der Waals surface area (Å²) in [5.41, 5.74) is 1.34. The molecule has 0 spiro atoms. The molecule has 0 saturated carbocycles. The molecule has 0 radical (unpaired) electrons. The highest BCUT2D eigenvalue weighted by Crippen LogP contribution is 2.29. The van der Waals surface area contributed by atoms with Gasteiger partial charge in [-0.3, -0.25) is 4.79 Å². The van der Waals surface area contributed by atoms with Crippen molar-refractivity contribution >= 4 is 35.0 Å². The molecule has 0 aliphatic rings. The summed E-state index contributed by atoms with van der Waals surface area (Å²) in [6.45, 7) is 1.82. The number of benzene rings is 1. The first-order valence-corrected chi connectivity index (χ1v) is 7.51. The summed E-state index contributed by atoms with van der Waals surface area (Å²) < 4.78 is 37.8. The molecule has 0 fully saturated rings. The largest absolute Gasteiger partial charge is 0.453 e. The molecule has 1 aromatic carbocycles. The minimum Gasteiger partial charge on any atom is -0.335 e. The van der Waals surface area contributed by atoms with E-state index in [1.807, 2.05) is 6.92 Å². The van der Waals surface area contributed by atoms with E-state index < -0.39 is 17.9 Å². The fraction of sp³-hybridized carbons (Fsp3) is 0.250. The monoisotopic (exact) mass is 365 g/mol. The molecule has 124 valence electrons. The van der Waals surface area contributed by atoms with Crippen molar-refractivity contribution in [2.45, 2.75) is 18.3 Å². The lowest BCUT2D eigenvalue weighted by Crippen LogP contribution is -2.22. The molecule has 3 N–H and O–H groups in total. The molecule has 6 nitrogen and oxygen atoms in total. The van der Waals surface area contributed by atoms with Crippen LogP contribution in [-0.4, -0.2) is 26.5 Å². The van der Waals surface area contributed by atoms with Crippen molar-refractivity contribution in [3.8, 4) is 0 Å². The average molecular weight is 366 g/mol. The topological polar surface area (TPSA) is 85.8 Å². The summed E-state index contributed by atoms with van der Waals surface area (Å²) in [6, 6.07) is 4.97. The van der Waals surface area contributed by atoms with Gasteiger partial charge in [-0.25, -0.2) is 4.68 Å². The van der Waals surface area contributed by atoms with Crippen LogP contribution in [0.2, 0.25) is 5.02 Å². The first-order chi connectivity index (χ1) is 10.7. The molecule has 2 rings (SSSR count). The van der Waals surface area contributed by atoms with Crippen molar-refractivity contribution in [1.29, 1.82) is 0 Å². The third kappa shape index (κ3) is 4.29. The molecule has 0 bridgehead atoms. The Labute approximate surface area is 138 Å². The summed E-state index contributed by atoms with van der Waals surface area (Å²) in [5.74, 6) is 3.32. The lowest BCUT2D eigenvalue weighted by atomic mass is 10.2. The Kier molecular flexibility index (Phi) is 5.05. The second kappa shape index (κ2) is 6.67. The van der Waals surface area contributed by atoms with Gasteiger partial charge in [-0.05, 0) is 24.6 Å². The number of aryl methyl sites for hydroxylation is 1. The number of nitrogens with one attached hydrogen (secondary N) is 1. The Morgan fingerprint density at radius 2 is 2.13 bits per heavy atom. The van der Waals surface area contributed by atoms with Crippen LogP contribution in [0.3, 0.4) is 0 Å². The number of anilines is 1. The maximum Gasteiger partial charge on any atom is 0.453 e. The molecular formula is C12H11ClF3N5OS. The Balaban J connectivity index is 1.97. The highest BCUT2D eigenvalue weighted by Gasteiger charge is 2.38. The van der Waals surface area contributed by atoms with Gasteiger partial charge in [0.25, 0.3) is 5.82 Å². The molecule has 1 aromatic heterocycles. The van der Waals surface area contributed by atoms with Crippen LogP contribution < -0.4 is 11.2 Å². The third-order valence-corrected chi connectivity index (χ3v) is 4.06. The maximum absolute atomic E-state index is 12.5. The van der Waals surface area contributed by atoms with Crippen molar-refractivity contribution in [3.05, 3.63) is 34.6 Å². The summed E-state index contributed by atoms with van der Waals surface area (Å²) in [6.07, 6.45) is -4.71. The van der Waals surface area contributed by atoms with Crippen molar-refractivity contribution in [3.63, 3.8) is 0 Å². The SMILES string of the molecule is Cc1ccc(NC(=O)CSc2nnc(C(F)(F)F)n2N)cc1Cl. The van der Waals surface area contributed by atoms with E-state index in [-0.39, 0.29) is 10.9 Å². The molecule has 11 heteroatoms. The quantitative estimate of drug-likeness (QED) is 0.642. The number of thioether (sulfide) groups is 1. The number of halogens is 4. The van der Waals surface area contributed by atoms with Crippen LogP contribution in [0, 0.1) is 6.92 Å². The minimum atomic E-state index is -4.71. The molecule has 23 heavy (non-hydrogen) atoms. The Hall–Kier alpha value is -1.94. The normalized spacial score (nSPS) is 11.5. The Bertz CT molecular complexity index is 734. The Morgan fingerprint density at radius 3 is 2.70 bits per heavy atom. The van der Waals surface area contributed by atoms with Gasteiger partial charge in [-0.1, -0.05) is 29.4 Å². The number of hydrogen-bond donors (Lipinski definition) is 2. The predicted molar refractivity (Wildman–Crippen MR) is 80.7 cm³/mol. The molecular weight excluding hydrogens is 355 g/mol. The first-order valence-electron chi connectivity index (χ1n) is 6.15. The molecule has 0 atom stereocenters. The van der Waals surface area contributed by atoms with Crippen LogP contribution in [0.25, 0.3) is 0 Å². The molecule has 2 aromatic rings.